The first-order chi connectivity index (χ1) is 18.6. The van der Waals surface area contributed by atoms with Crippen molar-refractivity contribution in [2.45, 2.75) is 12.5 Å². The predicted octanol–water partition coefficient (Wildman–Crippen LogP) is 4.28. The molecule has 9 nitrogen and oxygen atoms in total. The molecule has 0 amide bonds. The molecule has 11 heteroatoms. The summed E-state index contributed by atoms with van der Waals surface area (Å²) in [6.07, 6.45) is 13.2. The zero-order chi connectivity index (χ0) is 25.6. The quantitative estimate of drug-likeness (QED) is 0.335. The zero-order valence-corrected chi connectivity index (χ0v) is 20.0. The van der Waals surface area contributed by atoms with Gasteiger partial charge in [0.2, 0.25) is 0 Å². The molecule has 0 N–H and O–H groups in total. The molecule has 0 aliphatic carbocycles. The Hall–Kier alpha value is -4.64. The van der Waals surface area contributed by atoms with Crippen LogP contribution in [0.5, 0.6) is 5.75 Å². The van der Waals surface area contributed by atoms with Gasteiger partial charge in [-0.05, 0) is 36.8 Å². The first-order valence-electron chi connectivity index (χ1n) is 12.1. The number of hydrogen-bond donors (Lipinski definition) is 0. The standard InChI is InChI=1S/C27H21F2N7O2/c28-19-3-4-23(29)22(9-19)24-2-1-6-34(24)26-5-7-35-27(33-26)25(13-32-35)36-14-18(11-31-36)17-8-20(12-30-10-17)38-21-15-37-16-21/h2-5,7-14,21H,1,6,15-16H2. The van der Waals surface area contributed by atoms with Crippen molar-refractivity contribution in [2.75, 3.05) is 24.7 Å². The highest BCUT2D eigenvalue weighted by atomic mass is 19.1. The van der Waals surface area contributed by atoms with Crippen molar-refractivity contribution < 1.29 is 18.3 Å². The van der Waals surface area contributed by atoms with E-state index in [1.54, 1.807) is 46.2 Å². The van der Waals surface area contributed by atoms with Crippen molar-refractivity contribution in [3.05, 3.63) is 90.8 Å². The molecule has 0 saturated carbocycles. The lowest BCUT2D eigenvalue weighted by Gasteiger charge is -2.26. The van der Waals surface area contributed by atoms with Crippen LogP contribution in [-0.2, 0) is 4.74 Å². The van der Waals surface area contributed by atoms with Gasteiger partial charge < -0.3 is 14.4 Å². The molecule has 0 bridgehead atoms. The SMILES string of the molecule is Fc1ccc(F)c(C2=CCCN2c2ccn3ncc(-n4cc(-c5cncc(OC6COC6)c5)cn4)c3n2)c1. The highest BCUT2D eigenvalue weighted by Crippen LogP contribution is 2.33. The summed E-state index contributed by atoms with van der Waals surface area (Å²) in [5.41, 5.74) is 3.76. The number of nitrogens with zero attached hydrogens (tertiary/aromatic N) is 7. The first kappa shape index (κ1) is 22.5. The zero-order valence-electron chi connectivity index (χ0n) is 20.0. The van der Waals surface area contributed by atoms with Crippen LogP contribution in [0.25, 0.3) is 28.2 Å². The van der Waals surface area contributed by atoms with E-state index in [-0.39, 0.29) is 11.7 Å². The van der Waals surface area contributed by atoms with E-state index in [1.807, 2.05) is 23.2 Å². The van der Waals surface area contributed by atoms with Gasteiger partial charge in [-0.25, -0.2) is 23.0 Å². The minimum Gasteiger partial charge on any atom is -0.484 e. The third-order valence-electron chi connectivity index (χ3n) is 6.58. The van der Waals surface area contributed by atoms with Gasteiger partial charge in [-0.2, -0.15) is 10.2 Å². The first-order valence-corrected chi connectivity index (χ1v) is 12.1. The van der Waals surface area contributed by atoms with E-state index in [9.17, 15) is 8.78 Å². The van der Waals surface area contributed by atoms with E-state index >= 15 is 0 Å². The van der Waals surface area contributed by atoms with Gasteiger partial charge in [-0.15, -0.1) is 0 Å². The molecule has 6 heterocycles. The van der Waals surface area contributed by atoms with Crippen LogP contribution in [-0.4, -0.2) is 55.2 Å². The van der Waals surface area contributed by atoms with Crippen molar-refractivity contribution in [3.8, 4) is 22.6 Å². The maximum Gasteiger partial charge on any atom is 0.183 e. The molecule has 1 aromatic carbocycles. The third kappa shape index (κ3) is 3.97. The number of rotatable bonds is 6. The van der Waals surface area contributed by atoms with Crippen molar-refractivity contribution in [1.29, 1.82) is 0 Å². The number of benzene rings is 1. The molecular formula is C27H21F2N7O2. The summed E-state index contributed by atoms with van der Waals surface area (Å²) in [7, 11) is 0. The maximum atomic E-state index is 14.6. The van der Waals surface area contributed by atoms with Crippen LogP contribution in [0.15, 0.2) is 73.6 Å². The number of aromatic nitrogens is 6. The summed E-state index contributed by atoms with van der Waals surface area (Å²) in [6.45, 7) is 1.76. The molecule has 1 fully saturated rings. The van der Waals surface area contributed by atoms with Crippen LogP contribution in [0.3, 0.4) is 0 Å². The lowest BCUT2D eigenvalue weighted by Crippen LogP contribution is -2.38. The molecule has 2 aliphatic rings. The molecule has 0 atom stereocenters. The average Bonchev–Trinajstić information content (AvgIpc) is 3.67. The molecule has 38 heavy (non-hydrogen) atoms. The second kappa shape index (κ2) is 9.03. The average molecular weight is 514 g/mol. The fourth-order valence-corrected chi connectivity index (χ4v) is 4.63. The van der Waals surface area contributed by atoms with Crippen molar-refractivity contribution in [3.63, 3.8) is 0 Å². The summed E-state index contributed by atoms with van der Waals surface area (Å²) in [5, 5.41) is 8.95. The Labute approximate surface area is 215 Å². The van der Waals surface area contributed by atoms with Crippen LogP contribution >= 0.6 is 0 Å². The van der Waals surface area contributed by atoms with E-state index < -0.39 is 11.6 Å². The van der Waals surface area contributed by atoms with Gasteiger partial charge in [-0.3, -0.25) is 4.98 Å². The lowest BCUT2D eigenvalue weighted by atomic mass is 10.1. The van der Waals surface area contributed by atoms with Crippen LogP contribution in [0.4, 0.5) is 14.6 Å². The summed E-state index contributed by atoms with van der Waals surface area (Å²) in [4.78, 5) is 11.0. The van der Waals surface area contributed by atoms with Crippen LogP contribution in [0.2, 0.25) is 0 Å². The number of ether oxygens (including phenoxy) is 2. The number of anilines is 1. The molecule has 0 unspecified atom stereocenters. The number of pyridine rings is 1. The van der Waals surface area contributed by atoms with E-state index in [2.05, 4.69) is 15.2 Å². The van der Waals surface area contributed by atoms with Crippen molar-refractivity contribution in [1.82, 2.24) is 29.4 Å². The van der Waals surface area contributed by atoms with Crippen LogP contribution < -0.4 is 9.64 Å². The normalized spacial score (nSPS) is 15.6. The monoisotopic (exact) mass is 513 g/mol. The van der Waals surface area contributed by atoms with Gasteiger partial charge in [-0.1, -0.05) is 6.08 Å². The van der Waals surface area contributed by atoms with Crippen molar-refractivity contribution in [2.24, 2.45) is 0 Å². The van der Waals surface area contributed by atoms with Gasteiger partial charge >= 0.3 is 0 Å². The van der Waals surface area contributed by atoms with Crippen LogP contribution in [0, 0.1) is 11.6 Å². The molecule has 7 rings (SSSR count). The second-order valence-electron chi connectivity index (χ2n) is 9.10. The number of hydrogen-bond acceptors (Lipinski definition) is 7. The van der Waals surface area contributed by atoms with Gasteiger partial charge in [0.05, 0.1) is 31.8 Å². The molecule has 190 valence electrons. The van der Waals surface area contributed by atoms with E-state index in [0.717, 1.165) is 23.3 Å². The fourth-order valence-electron chi connectivity index (χ4n) is 4.63. The van der Waals surface area contributed by atoms with Gasteiger partial charge in [0.25, 0.3) is 0 Å². The van der Waals surface area contributed by atoms with Gasteiger partial charge in [0, 0.05) is 47.5 Å². The topological polar surface area (TPSA) is 82.6 Å². The number of fused-ring (bicyclic) bond motifs is 1. The summed E-state index contributed by atoms with van der Waals surface area (Å²) in [5.74, 6) is 0.308. The fraction of sp³-hybridized carbons (Fsp3) is 0.185. The van der Waals surface area contributed by atoms with Crippen molar-refractivity contribution >= 4 is 17.2 Å². The summed E-state index contributed by atoms with van der Waals surface area (Å²) >= 11 is 0. The Morgan fingerprint density at radius 3 is 2.76 bits per heavy atom. The molecule has 5 aromatic rings. The van der Waals surface area contributed by atoms with E-state index in [1.165, 1.54) is 6.07 Å². The Kier molecular flexibility index (Phi) is 5.36. The Balaban J connectivity index is 1.20. The van der Waals surface area contributed by atoms with E-state index in [0.29, 0.717) is 54.8 Å². The Bertz CT molecular complexity index is 1690. The molecule has 0 spiro atoms. The van der Waals surface area contributed by atoms with Gasteiger partial charge in [0.15, 0.2) is 5.65 Å². The number of halogens is 2. The van der Waals surface area contributed by atoms with Gasteiger partial charge in [0.1, 0.15) is 35.0 Å². The Morgan fingerprint density at radius 1 is 0.974 bits per heavy atom. The molecule has 2 aliphatic heterocycles. The second-order valence-corrected chi connectivity index (χ2v) is 9.10. The molecule has 0 radical (unpaired) electrons. The smallest absolute Gasteiger partial charge is 0.183 e. The third-order valence-corrected chi connectivity index (χ3v) is 6.58. The molecular weight excluding hydrogens is 492 g/mol. The highest BCUT2D eigenvalue weighted by Gasteiger charge is 2.24. The minimum absolute atomic E-state index is 0.0530. The van der Waals surface area contributed by atoms with Crippen LogP contribution in [0.1, 0.15) is 12.0 Å². The summed E-state index contributed by atoms with van der Waals surface area (Å²) in [6, 6.07) is 7.19. The molecule has 1 saturated heterocycles. The summed E-state index contributed by atoms with van der Waals surface area (Å²) < 4.78 is 42.8. The molecule has 4 aromatic heterocycles. The predicted molar refractivity (Wildman–Crippen MR) is 135 cm³/mol. The minimum atomic E-state index is -0.491. The largest absolute Gasteiger partial charge is 0.484 e. The highest BCUT2D eigenvalue weighted by molar-refractivity contribution is 5.81. The lowest BCUT2D eigenvalue weighted by molar-refractivity contribution is -0.0797. The van der Waals surface area contributed by atoms with E-state index in [4.69, 9.17) is 14.5 Å². The maximum absolute atomic E-state index is 14.6. The Morgan fingerprint density at radius 2 is 1.89 bits per heavy atom.